The number of likely N-dealkylation sites (tertiary alicyclic amines) is 1. The fourth-order valence-corrected chi connectivity index (χ4v) is 5.05. The molecule has 9 nitrogen and oxygen atoms in total. The lowest BCUT2D eigenvalue weighted by Crippen LogP contribution is -2.46. The van der Waals surface area contributed by atoms with E-state index in [0.29, 0.717) is 29.9 Å². The molecule has 1 aliphatic heterocycles. The second-order valence-corrected chi connectivity index (χ2v) is 10.1. The van der Waals surface area contributed by atoms with Crippen molar-refractivity contribution < 1.29 is 23.5 Å². The highest BCUT2D eigenvalue weighted by Gasteiger charge is 2.22. The highest BCUT2D eigenvalue weighted by atomic mass is 19.3. The van der Waals surface area contributed by atoms with Gasteiger partial charge in [-0.25, -0.2) is 18.6 Å². The Balaban J connectivity index is 1.37. The molecular formula is C30H30F2N6O3. The summed E-state index contributed by atoms with van der Waals surface area (Å²) in [5, 5.41) is 14.7. The van der Waals surface area contributed by atoms with Gasteiger partial charge in [-0.3, -0.25) is 14.7 Å². The summed E-state index contributed by atoms with van der Waals surface area (Å²) in [6.45, 7) is 3.90. The van der Waals surface area contributed by atoms with Gasteiger partial charge in [0.05, 0.1) is 12.0 Å². The quantitative estimate of drug-likeness (QED) is 0.256. The number of amides is 2. The van der Waals surface area contributed by atoms with Crippen LogP contribution in [-0.4, -0.2) is 55.7 Å². The third-order valence-electron chi connectivity index (χ3n) is 6.97. The van der Waals surface area contributed by atoms with Gasteiger partial charge >= 0.3 is 6.09 Å². The fraction of sp³-hybridized carbons (Fsp3) is 0.267. The molecule has 1 atom stereocenters. The van der Waals surface area contributed by atoms with E-state index in [1.165, 1.54) is 18.3 Å². The molecule has 1 unspecified atom stereocenters. The van der Waals surface area contributed by atoms with Crippen LogP contribution in [0.3, 0.4) is 0 Å². The Bertz CT molecular complexity index is 1540. The van der Waals surface area contributed by atoms with Crippen molar-refractivity contribution in [3.05, 3.63) is 95.8 Å². The lowest BCUT2D eigenvalue weighted by atomic mass is 10.0. The number of carbonyl (C=O) groups excluding carboxylic acids is 1. The molecule has 0 spiro atoms. The van der Waals surface area contributed by atoms with Crippen LogP contribution in [-0.2, 0) is 6.54 Å². The van der Waals surface area contributed by atoms with Crippen LogP contribution in [0.4, 0.5) is 19.3 Å². The Morgan fingerprint density at radius 2 is 1.88 bits per heavy atom. The zero-order valence-electron chi connectivity index (χ0n) is 22.4. The van der Waals surface area contributed by atoms with Gasteiger partial charge in [-0.2, -0.15) is 0 Å². The molecule has 3 N–H and O–H groups in total. The van der Waals surface area contributed by atoms with E-state index in [1.807, 2.05) is 35.9 Å². The van der Waals surface area contributed by atoms with Crippen LogP contribution < -0.4 is 10.6 Å². The Morgan fingerprint density at radius 3 is 2.59 bits per heavy atom. The number of hydrogen-bond donors (Lipinski definition) is 3. The smallest absolute Gasteiger partial charge is 0.404 e. The van der Waals surface area contributed by atoms with Crippen molar-refractivity contribution in [2.75, 3.05) is 18.4 Å². The minimum atomic E-state index is -2.55. The molecule has 41 heavy (non-hydrogen) atoms. The average Bonchev–Trinajstić information content (AvgIpc) is 3.39. The first-order chi connectivity index (χ1) is 19.7. The number of rotatable bonds is 8. The van der Waals surface area contributed by atoms with Gasteiger partial charge in [0.2, 0.25) is 0 Å². The maximum atomic E-state index is 13.3. The topological polar surface area (TPSA) is 112 Å². The Hall–Kier alpha value is -4.64. The molecule has 4 aromatic rings. The van der Waals surface area contributed by atoms with Crippen molar-refractivity contribution in [1.82, 2.24) is 24.8 Å². The molecule has 3 heterocycles. The number of piperidine rings is 1. The van der Waals surface area contributed by atoms with Crippen LogP contribution in [0, 0.1) is 6.92 Å². The molecule has 0 aliphatic carbocycles. The number of carboxylic acid groups (broad SMARTS) is 1. The minimum absolute atomic E-state index is 0.0669. The second kappa shape index (κ2) is 12.3. The van der Waals surface area contributed by atoms with E-state index in [4.69, 9.17) is 5.11 Å². The Labute approximate surface area is 235 Å². The highest BCUT2D eigenvalue weighted by molar-refractivity contribution is 6.03. The predicted molar refractivity (Wildman–Crippen MR) is 150 cm³/mol. The van der Waals surface area contributed by atoms with Gasteiger partial charge in [0.25, 0.3) is 12.3 Å². The van der Waals surface area contributed by atoms with E-state index in [-0.39, 0.29) is 17.3 Å². The minimum Gasteiger partial charge on any atom is -0.465 e. The van der Waals surface area contributed by atoms with Crippen molar-refractivity contribution in [3.63, 3.8) is 0 Å². The van der Waals surface area contributed by atoms with E-state index in [0.717, 1.165) is 36.3 Å². The number of benzene rings is 2. The zero-order chi connectivity index (χ0) is 28.9. The number of hydrogen-bond acceptors (Lipinski definition) is 5. The number of nitrogens with zero attached hydrogens (tertiary/aromatic N) is 4. The molecule has 0 radical (unpaired) electrons. The number of alkyl halides is 2. The molecule has 2 amide bonds. The lowest BCUT2D eigenvalue weighted by molar-refractivity contribution is 0.102. The monoisotopic (exact) mass is 560 g/mol. The normalized spacial score (nSPS) is 15.6. The van der Waals surface area contributed by atoms with E-state index >= 15 is 0 Å². The predicted octanol–water partition coefficient (Wildman–Crippen LogP) is 5.66. The van der Waals surface area contributed by atoms with Crippen LogP contribution >= 0.6 is 0 Å². The molecule has 1 aliphatic rings. The Kier molecular flexibility index (Phi) is 8.34. The van der Waals surface area contributed by atoms with Crippen LogP contribution in [0.1, 0.15) is 46.6 Å². The van der Waals surface area contributed by atoms with Crippen molar-refractivity contribution >= 4 is 17.7 Å². The first kappa shape index (κ1) is 27.9. The molecule has 11 heteroatoms. The summed E-state index contributed by atoms with van der Waals surface area (Å²) in [6, 6.07) is 14.9. The van der Waals surface area contributed by atoms with Gasteiger partial charge in [-0.05, 0) is 73.3 Å². The number of halogens is 2. The summed E-state index contributed by atoms with van der Waals surface area (Å²) in [4.78, 5) is 35.1. The van der Waals surface area contributed by atoms with E-state index in [1.54, 1.807) is 30.6 Å². The standard InChI is InChI=1S/C30H30F2N6O3/c1-19-15-38(18-34-19)26-12-20(16-37-10-2-3-24(17-37)36-30(40)41)11-25(14-26)35-29(39)27-13-23(8-9-33-27)21-4-6-22(7-5-21)28(31)32/h4-9,11-15,18,24,28,36H,2-3,10,16-17H2,1H3,(H,35,39)(H,40,41). The zero-order valence-corrected chi connectivity index (χ0v) is 22.4. The van der Waals surface area contributed by atoms with Gasteiger partial charge in [0.15, 0.2) is 0 Å². The number of aryl methyl sites for hydroxylation is 1. The third kappa shape index (κ3) is 7.12. The van der Waals surface area contributed by atoms with Crippen molar-refractivity contribution in [2.24, 2.45) is 0 Å². The van der Waals surface area contributed by atoms with E-state index in [9.17, 15) is 18.4 Å². The summed E-state index contributed by atoms with van der Waals surface area (Å²) in [7, 11) is 0. The number of aromatic nitrogens is 3. The van der Waals surface area contributed by atoms with E-state index < -0.39 is 18.4 Å². The van der Waals surface area contributed by atoms with Crippen LogP contribution in [0.2, 0.25) is 0 Å². The molecule has 2 aromatic carbocycles. The average molecular weight is 561 g/mol. The number of imidazole rings is 1. The molecule has 1 saturated heterocycles. The lowest BCUT2D eigenvalue weighted by Gasteiger charge is -2.32. The largest absolute Gasteiger partial charge is 0.465 e. The SMILES string of the molecule is Cc1cn(-c2cc(CN3CCCC(NC(=O)O)C3)cc(NC(=O)c3cc(-c4ccc(C(F)F)cc4)ccn3)c2)cn1. The van der Waals surface area contributed by atoms with Gasteiger partial charge in [0.1, 0.15) is 5.69 Å². The summed E-state index contributed by atoms with van der Waals surface area (Å²) in [5.74, 6) is -0.412. The van der Waals surface area contributed by atoms with Gasteiger partial charge in [-0.1, -0.05) is 24.3 Å². The van der Waals surface area contributed by atoms with Crippen LogP contribution in [0.25, 0.3) is 16.8 Å². The van der Waals surface area contributed by atoms with Gasteiger partial charge in [-0.15, -0.1) is 0 Å². The molecule has 5 rings (SSSR count). The van der Waals surface area contributed by atoms with Gasteiger partial charge in [0, 0.05) is 48.5 Å². The second-order valence-electron chi connectivity index (χ2n) is 10.1. The number of anilines is 1. The maximum absolute atomic E-state index is 13.3. The van der Waals surface area contributed by atoms with Crippen LogP contribution in [0.5, 0.6) is 0 Å². The number of pyridine rings is 1. The molecule has 212 valence electrons. The van der Waals surface area contributed by atoms with Crippen molar-refractivity contribution in [1.29, 1.82) is 0 Å². The number of nitrogens with one attached hydrogen (secondary N) is 2. The summed E-state index contributed by atoms with van der Waals surface area (Å²) < 4.78 is 27.8. The summed E-state index contributed by atoms with van der Waals surface area (Å²) in [6.07, 6.45) is 3.21. The summed E-state index contributed by atoms with van der Waals surface area (Å²) >= 11 is 0. The molecule has 0 bridgehead atoms. The summed E-state index contributed by atoms with van der Waals surface area (Å²) in [5.41, 5.74) is 4.68. The third-order valence-corrected chi connectivity index (χ3v) is 6.97. The van der Waals surface area contributed by atoms with Crippen molar-refractivity contribution in [2.45, 2.75) is 38.8 Å². The van der Waals surface area contributed by atoms with Crippen molar-refractivity contribution in [3.8, 4) is 16.8 Å². The molecular weight excluding hydrogens is 530 g/mol. The van der Waals surface area contributed by atoms with Crippen LogP contribution in [0.15, 0.2) is 73.3 Å². The molecule has 1 fully saturated rings. The molecule has 0 saturated carbocycles. The Morgan fingerprint density at radius 1 is 1.07 bits per heavy atom. The van der Waals surface area contributed by atoms with Gasteiger partial charge < -0.3 is 20.3 Å². The first-order valence-electron chi connectivity index (χ1n) is 13.3. The molecule has 2 aromatic heterocycles. The van der Waals surface area contributed by atoms with E-state index in [2.05, 4.69) is 25.5 Å². The highest BCUT2D eigenvalue weighted by Crippen LogP contribution is 2.26. The maximum Gasteiger partial charge on any atom is 0.404 e. The first-order valence-corrected chi connectivity index (χ1v) is 13.3. The fourth-order valence-electron chi connectivity index (χ4n) is 5.05. The number of carbonyl (C=O) groups is 2.